The van der Waals surface area contributed by atoms with Gasteiger partial charge in [0, 0.05) is 5.54 Å². The van der Waals surface area contributed by atoms with Crippen LogP contribution in [0.2, 0.25) is 0 Å². The molecule has 0 aromatic heterocycles. The molecule has 2 aliphatic rings. The van der Waals surface area contributed by atoms with Crippen LogP contribution in [0.1, 0.15) is 66.2 Å². The molecule has 0 unspecified atom stereocenters. The maximum atomic E-state index is 2.68. The standard InChI is InChI=1S/C15H29N/c1-13-5-7-15(8-6-13)9-11-16(12-10-15)14(2,3)4/h13H,5-12H2,1-4H3. The first-order valence-electron chi connectivity index (χ1n) is 7.16. The summed E-state index contributed by atoms with van der Waals surface area (Å²) in [6.45, 7) is 12.2. The lowest BCUT2D eigenvalue weighted by Crippen LogP contribution is -2.49. The normalized spacial score (nSPS) is 28.5. The lowest BCUT2D eigenvalue weighted by molar-refractivity contribution is 0.0147. The van der Waals surface area contributed by atoms with E-state index >= 15 is 0 Å². The summed E-state index contributed by atoms with van der Waals surface area (Å²) in [6.07, 6.45) is 8.89. The van der Waals surface area contributed by atoms with Gasteiger partial charge in [0.2, 0.25) is 0 Å². The molecule has 1 aliphatic carbocycles. The van der Waals surface area contributed by atoms with E-state index < -0.39 is 0 Å². The highest BCUT2D eigenvalue weighted by Gasteiger charge is 2.38. The van der Waals surface area contributed by atoms with E-state index in [1.807, 2.05) is 0 Å². The van der Waals surface area contributed by atoms with Crippen LogP contribution >= 0.6 is 0 Å². The molecular weight excluding hydrogens is 194 g/mol. The highest BCUT2D eigenvalue weighted by atomic mass is 15.2. The summed E-state index contributed by atoms with van der Waals surface area (Å²) in [6, 6.07) is 0. The first-order valence-corrected chi connectivity index (χ1v) is 7.16. The number of likely N-dealkylation sites (tertiary alicyclic amines) is 1. The molecule has 1 nitrogen and oxygen atoms in total. The van der Waals surface area contributed by atoms with Crippen LogP contribution in [0.3, 0.4) is 0 Å². The van der Waals surface area contributed by atoms with Gasteiger partial charge in [-0.15, -0.1) is 0 Å². The second kappa shape index (κ2) is 4.33. The fraction of sp³-hybridized carbons (Fsp3) is 1.00. The third kappa shape index (κ3) is 2.61. The summed E-state index contributed by atoms with van der Waals surface area (Å²) in [7, 11) is 0. The quantitative estimate of drug-likeness (QED) is 0.598. The van der Waals surface area contributed by atoms with Gasteiger partial charge in [0.25, 0.3) is 0 Å². The fourth-order valence-electron chi connectivity index (χ4n) is 3.53. The van der Waals surface area contributed by atoms with Gasteiger partial charge in [-0.3, -0.25) is 4.90 Å². The van der Waals surface area contributed by atoms with Crippen molar-refractivity contribution >= 4 is 0 Å². The van der Waals surface area contributed by atoms with E-state index in [1.54, 1.807) is 0 Å². The Morgan fingerprint density at radius 1 is 0.938 bits per heavy atom. The molecule has 0 radical (unpaired) electrons. The van der Waals surface area contributed by atoms with E-state index in [9.17, 15) is 0 Å². The van der Waals surface area contributed by atoms with Gasteiger partial charge in [0.1, 0.15) is 0 Å². The van der Waals surface area contributed by atoms with Crippen LogP contribution in [0.15, 0.2) is 0 Å². The minimum Gasteiger partial charge on any atom is -0.298 e. The maximum Gasteiger partial charge on any atom is 0.0125 e. The van der Waals surface area contributed by atoms with Gasteiger partial charge in [0.05, 0.1) is 0 Å². The minimum atomic E-state index is 0.379. The Bertz CT molecular complexity index is 220. The van der Waals surface area contributed by atoms with Gasteiger partial charge >= 0.3 is 0 Å². The monoisotopic (exact) mass is 223 g/mol. The average Bonchev–Trinajstić information content (AvgIpc) is 2.22. The number of piperidine rings is 1. The molecule has 0 N–H and O–H groups in total. The van der Waals surface area contributed by atoms with Gasteiger partial charge in [0.15, 0.2) is 0 Å². The summed E-state index contributed by atoms with van der Waals surface area (Å²) in [5.74, 6) is 0.992. The SMILES string of the molecule is CC1CCC2(CC1)CCN(C(C)(C)C)CC2. The van der Waals surface area contributed by atoms with E-state index in [1.165, 1.54) is 51.6 Å². The lowest BCUT2D eigenvalue weighted by atomic mass is 9.65. The summed E-state index contributed by atoms with van der Waals surface area (Å²) in [4.78, 5) is 2.68. The summed E-state index contributed by atoms with van der Waals surface area (Å²) < 4.78 is 0. The molecule has 1 spiro atoms. The van der Waals surface area contributed by atoms with Crippen molar-refractivity contribution in [3.8, 4) is 0 Å². The van der Waals surface area contributed by atoms with Gasteiger partial charge in [-0.1, -0.05) is 19.8 Å². The average molecular weight is 223 g/mol. The van der Waals surface area contributed by atoms with Crippen LogP contribution in [0.5, 0.6) is 0 Å². The topological polar surface area (TPSA) is 3.24 Å². The van der Waals surface area contributed by atoms with Crippen LogP contribution in [-0.4, -0.2) is 23.5 Å². The van der Waals surface area contributed by atoms with Crippen LogP contribution in [0.25, 0.3) is 0 Å². The highest BCUT2D eigenvalue weighted by molar-refractivity contribution is 4.92. The molecule has 0 aromatic carbocycles. The summed E-state index contributed by atoms with van der Waals surface area (Å²) in [5, 5.41) is 0. The summed E-state index contributed by atoms with van der Waals surface area (Å²) in [5.41, 5.74) is 1.12. The molecule has 2 fully saturated rings. The lowest BCUT2D eigenvalue weighted by Gasteiger charge is -2.49. The highest BCUT2D eigenvalue weighted by Crippen LogP contribution is 2.46. The van der Waals surface area contributed by atoms with Crippen molar-refractivity contribution < 1.29 is 0 Å². The third-order valence-electron chi connectivity index (χ3n) is 5.11. The smallest absolute Gasteiger partial charge is 0.0125 e. The number of rotatable bonds is 0. The fourth-order valence-corrected chi connectivity index (χ4v) is 3.53. The molecule has 0 bridgehead atoms. The number of hydrogen-bond donors (Lipinski definition) is 0. The van der Waals surface area contributed by atoms with Crippen LogP contribution in [-0.2, 0) is 0 Å². The van der Waals surface area contributed by atoms with E-state index in [4.69, 9.17) is 0 Å². The zero-order chi connectivity index (χ0) is 11.8. The second-order valence-corrected chi connectivity index (χ2v) is 7.34. The Hall–Kier alpha value is -0.0400. The Morgan fingerprint density at radius 2 is 1.44 bits per heavy atom. The van der Waals surface area contributed by atoms with Crippen molar-refractivity contribution in [2.45, 2.75) is 71.8 Å². The predicted octanol–water partition coefficient (Wildman–Crippen LogP) is 4.08. The Balaban J connectivity index is 1.89. The molecular formula is C15H29N. The first kappa shape index (κ1) is 12.4. The second-order valence-electron chi connectivity index (χ2n) is 7.34. The Labute approximate surface area is 102 Å². The molecule has 94 valence electrons. The van der Waals surface area contributed by atoms with Crippen molar-refractivity contribution in [3.05, 3.63) is 0 Å². The van der Waals surface area contributed by atoms with Gasteiger partial charge in [-0.25, -0.2) is 0 Å². The van der Waals surface area contributed by atoms with Gasteiger partial charge in [-0.05, 0) is 70.9 Å². The molecule has 1 heteroatoms. The number of hydrogen-bond acceptors (Lipinski definition) is 1. The van der Waals surface area contributed by atoms with E-state index in [0.29, 0.717) is 5.54 Å². The molecule has 1 heterocycles. The molecule has 1 aliphatic heterocycles. The maximum absolute atomic E-state index is 2.68. The zero-order valence-corrected chi connectivity index (χ0v) is 11.7. The Morgan fingerprint density at radius 3 is 1.88 bits per heavy atom. The summed E-state index contributed by atoms with van der Waals surface area (Å²) >= 11 is 0. The van der Waals surface area contributed by atoms with E-state index in [2.05, 4.69) is 32.6 Å². The molecule has 0 amide bonds. The number of nitrogens with zero attached hydrogens (tertiary/aromatic N) is 1. The van der Waals surface area contributed by atoms with E-state index in [0.717, 1.165) is 11.3 Å². The predicted molar refractivity (Wildman–Crippen MR) is 70.6 cm³/mol. The third-order valence-corrected chi connectivity index (χ3v) is 5.11. The molecule has 2 rings (SSSR count). The van der Waals surface area contributed by atoms with Crippen LogP contribution in [0.4, 0.5) is 0 Å². The van der Waals surface area contributed by atoms with Crippen molar-refractivity contribution in [1.29, 1.82) is 0 Å². The van der Waals surface area contributed by atoms with E-state index in [-0.39, 0.29) is 0 Å². The largest absolute Gasteiger partial charge is 0.298 e. The minimum absolute atomic E-state index is 0.379. The van der Waals surface area contributed by atoms with Gasteiger partial charge in [-0.2, -0.15) is 0 Å². The molecule has 16 heavy (non-hydrogen) atoms. The van der Waals surface area contributed by atoms with Gasteiger partial charge < -0.3 is 0 Å². The van der Waals surface area contributed by atoms with Crippen LogP contribution in [0, 0.1) is 11.3 Å². The molecule has 0 atom stereocenters. The molecule has 1 saturated heterocycles. The Kier molecular flexibility index (Phi) is 3.36. The molecule has 0 aromatic rings. The first-order chi connectivity index (χ1) is 7.41. The van der Waals surface area contributed by atoms with Crippen molar-refractivity contribution in [1.82, 2.24) is 4.90 Å². The van der Waals surface area contributed by atoms with Crippen molar-refractivity contribution in [2.24, 2.45) is 11.3 Å². The zero-order valence-electron chi connectivity index (χ0n) is 11.7. The van der Waals surface area contributed by atoms with Crippen LogP contribution < -0.4 is 0 Å². The molecule has 1 saturated carbocycles. The van der Waals surface area contributed by atoms with Crippen molar-refractivity contribution in [2.75, 3.05) is 13.1 Å². The van der Waals surface area contributed by atoms with Crippen molar-refractivity contribution in [3.63, 3.8) is 0 Å².